The lowest BCUT2D eigenvalue weighted by molar-refractivity contribution is 0.1000. The second-order valence-electron chi connectivity index (χ2n) is 4.69. The lowest BCUT2D eigenvalue weighted by atomic mass is 10.2. The van der Waals surface area contributed by atoms with E-state index >= 15 is 0 Å². The third-order valence-corrected chi connectivity index (χ3v) is 5.75. The molecule has 1 aliphatic rings. The summed E-state index contributed by atoms with van der Waals surface area (Å²) in [5.41, 5.74) is 11.0. The summed E-state index contributed by atoms with van der Waals surface area (Å²) in [5, 5.41) is 0. The first kappa shape index (κ1) is 18.4. The van der Waals surface area contributed by atoms with Gasteiger partial charge in [-0.2, -0.15) is 4.31 Å². The van der Waals surface area contributed by atoms with Crippen LogP contribution in [0.4, 0.5) is 0 Å². The van der Waals surface area contributed by atoms with Crippen LogP contribution in [0.5, 0.6) is 0 Å². The van der Waals surface area contributed by atoms with Crippen LogP contribution in [0.2, 0.25) is 0 Å². The first-order chi connectivity index (χ1) is 9.36. The quantitative estimate of drug-likeness (QED) is 0.791. The standard InChI is InChI=1S/C12H16BrN3O3S.ClH/c13-9-4-8(12(15)17)5-11(6-9)20(18,19)16-3-1-2-10(16)7-14;/h4-6,10H,1-3,7,14H2,(H2,15,17);1H. The highest BCUT2D eigenvalue weighted by Gasteiger charge is 2.34. The number of sulfonamides is 1. The van der Waals surface area contributed by atoms with Gasteiger partial charge in [0.05, 0.1) is 4.90 Å². The minimum absolute atomic E-state index is 0. The molecule has 118 valence electrons. The maximum absolute atomic E-state index is 12.6. The molecule has 1 saturated heterocycles. The molecule has 1 aliphatic heterocycles. The predicted octanol–water partition coefficient (Wildman–Crippen LogP) is 1.08. The highest BCUT2D eigenvalue weighted by molar-refractivity contribution is 9.10. The number of amides is 1. The SMILES string of the molecule is Cl.NCC1CCCN1S(=O)(=O)c1cc(Br)cc(C(N)=O)c1. The summed E-state index contributed by atoms with van der Waals surface area (Å²) in [6.07, 6.45) is 1.55. The van der Waals surface area contributed by atoms with Crippen molar-refractivity contribution in [2.75, 3.05) is 13.1 Å². The molecule has 9 heteroatoms. The molecule has 1 atom stereocenters. The van der Waals surface area contributed by atoms with Crippen LogP contribution in [0.15, 0.2) is 27.6 Å². The molecule has 0 radical (unpaired) electrons. The average molecular weight is 399 g/mol. The van der Waals surface area contributed by atoms with Gasteiger partial charge in [0.2, 0.25) is 15.9 Å². The van der Waals surface area contributed by atoms with Gasteiger partial charge in [0.1, 0.15) is 0 Å². The highest BCUT2D eigenvalue weighted by atomic mass is 79.9. The number of hydrogen-bond donors (Lipinski definition) is 2. The van der Waals surface area contributed by atoms with E-state index in [0.717, 1.165) is 12.8 Å². The summed E-state index contributed by atoms with van der Waals surface area (Å²) < 4.78 is 27.2. The first-order valence-electron chi connectivity index (χ1n) is 6.18. The van der Waals surface area contributed by atoms with E-state index in [2.05, 4.69) is 15.9 Å². The van der Waals surface area contributed by atoms with Gasteiger partial charge in [-0.15, -0.1) is 12.4 Å². The number of halogens is 2. The van der Waals surface area contributed by atoms with E-state index in [1.165, 1.54) is 22.5 Å². The molecular formula is C12H17BrClN3O3S. The third kappa shape index (κ3) is 3.75. The zero-order valence-corrected chi connectivity index (χ0v) is 14.4. The number of carbonyl (C=O) groups excluding carboxylic acids is 1. The maximum atomic E-state index is 12.6. The molecule has 21 heavy (non-hydrogen) atoms. The van der Waals surface area contributed by atoms with Crippen molar-refractivity contribution in [2.45, 2.75) is 23.8 Å². The summed E-state index contributed by atoms with van der Waals surface area (Å²) in [7, 11) is -3.66. The molecule has 6 nitrogen and oxygen atoms in total. The van der Waals surface area contributed by atoms with Gasteiger partial charge in [0, 0.05) is 29.2 Å². The minimum Gasteiger partial charge on any atom is -0.366 e. The van der Waals surface area contributed by atoms with Crippen molar-refractivity contribution in [3.8, 4) is 0 Å². The van der Waals surface area contributed by atoms with E-state index in [1.54, 1.807) is 0 Å². The van der Waals surface area contributed by atoms with Crippen molar-refractivity contribution >= 4 is 44.3 Å². The van der Waals surface area contributed by atoms with Crippen molar-refractivity contribution in [3.05, 3.63) is 28.2 Å². The fraction of sp³-hybridized carbons (Fsp3) is 0.417. The average Bonchev–Trinajstić information content (AvgIpc) is 2.86. The van der Waals surface area contributed by atoms with Gasteiger partial charge in [-0.25, -0.2) is 8.42 Å². The van der Waals surface area contributed by atoms with Crippen LogP contribution in [0, 0.1) is 0 Å². The Bertz CT molecular complexity index is 639. The fourth-order valence-corrected chi connectivity index (χ4v) is 4.77. The lowest BCUT2D eigenvalue weighted by Crippen LogP contribution is -2.39. The van der Waals surface area contributed by atoms with Crippen molar-refractivity contribution in [1.29, 1.82) is 0 Å². The van der Waals surface area contributed by atoms with Crippen LogP contribution in [0.25, 0.3) is 0 Å². The fourth-order valence-electron chi connectivity index (χ4n) is 2.35. The number of rotatable bonds is 4. The Balaban J connectivity index is 0.00000220. The van der Waals surface area contributed by atoms with Crippen LogP contribution >= 0.6 is 28.3 Å². The molecule has 0 aromatic heterocycles. The van der Waals surface area contributed by atoms with E-state index < -0.39 is 15.9 Å². The molecular weight excluding hydrogens is 382 g/mol. The number of primary amides is 1. The minimum atomic E-state index is -3.66. The summed E-state index contributed by atoms with van der Waals surface area (Å²) in [4.78, 5) is 11.3. The Morgan fingerprint density at radius 1 is 1.38 bits per heavy atom. The lowest BCUT2D eigenvalue weighted by Gasteiger charge is -2.23. The normalized spacial score (nSPS) is 19.2. The van der Waals surface area contributed by atoms with E-state index in [1.807, 2.05) is 0 Å². The Morgan fingerprint density at radius 2 is 2.05 bits per heavy atom. The van der Waals surface area contributed by atoms with E-state index in [4.69, 9.17) is 11.5 Å². The van der Waals surface area contributed by atoms with Crippen LogP contribution in [0.3, 0.4) is 0 Å². The number of carbonyl (C=O) groups is 1. The molecule has 2 rings (SSSR count). The molecule has 1 aromatic rings. The summed E-state index contributed by atoms with van der Waals surface area (Å²) in [5.74, 6) is -0.667. The van der Waals surface area contributed by atoms with Crippen LogP contribution in [-0.4, -0.2) is 37.8 Å². The largest absolute Gasteiger partial charge is 0.366 e. The number of nitrogens with zero attached hydrogens (tertiary/aromatic N) is 1. The van der Waals surface area contributed by atoms with Crippen LogP contribution in [0.1, 0.15) is 23.2 Å². The predicted molar refractivity (Wildman–Crippen MR) is 85.9 cm³/mol. The number of nitrogens with two attached hydrogens (primary N) is 2. The maximum Gasteiger partial charge on any atom is 0.248 e. The molecule has 0 aliphatic carbocycles. The van der Waals surface area contributed by atoms with Gasteiger partial charge >= 0.3 is 0 Å². The van der Waals surface area contributed by atoms with Crippen LogP contribution < -0.4 is 11.5 Å². The van der Waals surface area contributed by atoms with Crippen molar-refractivity contribution < 1.29 is 13.2 Å². The van der Waals surface area contributed by atoms with Gasteiger partial charge in [0.25, 0.3) is 0 Å². The summed E-state index contributed by atoms with van der Waals surface area (Å²) in [6, 6.07) is 4.07. The Kier molecular flexibility index (Phi) is 6.18. The molecule has 0 saturated carbocycles. The topological polar surface area (TPSA) is 106 Å². The molecule has 0 bridgehead atoms. The van der Waals surface area contributed by atoms with E-state index in [9.17, 15) is 13.2 Å². The zero-order chi connectivity index (χ0) is 14.9. The summed E-state index contributed by atoms with van der Waals surface area (Å²) in [6.45, 7) is 0.735. The molecule has 1 aromatic carbocycles. The Morgan fingerprint density at radius 3 is 2.62 bits per heavy atom. The second-order valence-corrected chi connectivity index (χ2v) is 7.49. The molecule has 1 unspecified atom stereocenters. The number of benzene rings is 1. The third-order valence-electron chi connectivity index (χ3n) is 3.36. The Labute approximate surface area is 138 Å². The molecule has 0 spiro atoms. The molecule has 1 amide bonds. The van der Waals surface area contributed by atoms with E-state index in [-0.39, 0.29) is 35.5 Å². The van der Waals surface area contributed by atoms with Gasteiger partial charge in [-0.1, -0.05) is 15.9 Å². The molecule has 1 heterocycles. The van der Waals surface area contributed by atoms with Gasteiger partial charge in [0.15, 0.2) is 0 Å². The second kappa shape index (κ2) is 7.06. The summed E-state index contributed by atoms with van der Waals surface area (Å²) >= 11 is 3.20. The van der Waals surface area contributed by atoms with E-state index in [0.29, 0.717) is 11.0 Å². The molecule has 1 fully saturated rings. The monoisotopic (exact) mass is 397 g/mol. The zero-order valence-electron chi connectivity index (χ0n) is 11.2. The van der Waals surface area contributed by atoms with Crippen molar-refractivity contribution in [1.82, 2.24) is 4.31 Å². The van der Waals surface area contributed by atoms with Gasteiger partial charge in [-0.05, 0) is 31.0 Å². The highest BCUT2D eigenvalue weighted by Crippen LogP contribution is 2.28. The van der Waals surface area contributed by atoms with Gasteiger partial charge < -0.3 is 11.5 Å². The Hall–Kier alpha value is -0.670. The van der Waals surface area contributed by atoms with Crippen molar-refractivity contribution in [3.63, 3.8) is 0 Å². The molecule has 4 N–H and O–H groups in total. The van der Waals surface area contributed by atoms with Gasteiger partial charge in [-0.3, -0.25) is 4.79 Å². The van der Waals surface area contributed by atoms with Crippen molar-refractivity contribution in [2.24, 2.45) is 11.5 Å². The smallest absolute Gasteiger partial charge is 0.248 e. The number of hydrogen-bond acceptors (Lipinski definition) is 4. The first-order valence-corrected chi connectivity index (χ1v) is 8.42. The van der Waals surface area contributed by atoms with Crippen LogP contribution in [-0.2, 0) is 10.0 Å².